The van der Waals surface area contributed by atoms with E-state index >= 15 is 0 Å². The Balaban J connectivity index is 1.34. The standard InChI is InChI=1S/C26H18ClN3O3/c27-18-11-9-16(10-12-18)20-14-22(23-8-3-13-33-23)30(28-20)24(31)15-29-21-7-2-5-17-4-1-6-19(25(17)21)26(29)32/h1-13,22H,14-15H2. The second-order valence-corrected chi connectivity index (χ2v) is 8.54. The van der Waals surface area contributed by atoms with E-state index in [1.54, 1.807) is 30.5 Å². The Bertz CT molecular complexity index is 1420. The van der Waals surface area contributed by atoms with Gasteiger partial charge < -0.3 is 4.42 Å². The van der Waals surface area contributed by atoms with Gasteiger partial charge in [-0.15, -0.1) is 0 Å². The lowest BCUT2D eigenvalue weighted by molar-refractivity contribution is -0.131. The average Bonchev–Trinajstić information content (AvgIpc) is 3.56. The number of halogens is 1. The van der Waals surface area contributed by atoms with Gasteiger partial charge in [0, 0.05) is 22.4 Å². The molecule has 1 atom stereocenters. The van der Waals surface area contributed by atoms with Crippen molar-refractivity contribution in [3.63, 3.8) is 0 Å². The van der Waals surface area contributed by atoms with Crippen LogP contribution in [0.4, 0.5) is 5.69 Å². The summed E-state index contributed by atoms with van der Waals surface area (Å²) in [5.41, 5.74) is 3.02. The highest BCUT2D eigenvalue weighted by Crippen LogP contribution is 2.38. The van der Waals surface area contributed by atoms with E-state index in [1.165, 1.54) is 9.91 Å². The molecule has 2 aliphatic rings. The topological polar surface area (TPSA) is 66.1 Å². The van der Waals surface area contributed by atoms with Crippen molar-refractivity contribution in [2.45, 2.75) is 12.5 Å². The number of carbonyl (C=O) groups is 2. The summed E-state index contributed by atoms with van der Waals surface area (Å²) < 4.78 is 5.62. The number of nitrogens with zero attached hydrogens (tertiary/aromatic N) is 3. The maximum atomic E-state index is 13.5. The zero-order valence-electron chi connectivity index (χ0n) is 17.4. The minimum absolute atomic E-state index is 0.110. The Morgan fingerprint density at radius 1 is 1.03 bits per heavy atom. The van der Waals surface area contributed by atoms with Crippen molar-refractivity contribution < 1.29 is 14.0 Å². The highest BCUT2D eigenvalue weighted by Gasteiger charge is 2.38. The van der Waals surface area contributed by atoms with Crippen LogP contribution in [-0.2, 0) is 4.79 Å². The first-order chi connectivity index (χ1) is 16.1. The van der Waals surface area contributed by atoms with Crippen LogP contribution < -0.4 is 4.90 Å². The summed E-state index contributed by atoms with van der Waals surface area (Å²) in [7, 11) is 0. The van der Waals surface area contributed by atoms with Crippen molar-refractivity contribution in [2.75, 3.05) is 11.4 Å². The van der Waals surface area contributed by atoms with Gasteiger partial charge in [0.15, 0.2) is 0 Å². The fraction of sp³-hybridized carbons (Fsp3) is 0.115. The maximum absolute atomic E-state index is 13.5. The molecule has 0 fully saturated rings. The van der Waals surface area contributed by atoms with Crippen LogP contribution in [0.1, 0.15) is 34.1 Å². The van der Waals surface area contributed by atoms with Crippen LogP contribution in [0, 0.1) is 0 Å². The van der Waals surface area contributed by atoms with Crippen molar-refractivity contribution >= 4 is 45.6 Å². The van der Waals surface area contributed by atoms with Crippen LogP contribution in [0.25, 0.3) is 10.8 Å². The molecule has 162 valence electrons. The van der Waals surface area contributed by atoms with Gasteiger partial charge in [0.25, 0.3) is 11.8 Å². The first-order valence-electron chi connectivity index (χ1n) is 10.6. The zero-order chi connectivity index (χ0) is 22.5. The molecule has 3 aromatic carbocycles. The molecule has 6 rings (SSSR count). The number of anilines is 1. The third-order valence-electron chi connectivity index (χ3n) is 6.16. The van der Waals surface area contributed by atoms with Gasteiger partial charge in [-0.25, -0.2) is 5.01 Å². The normalized spacial score (nSPS) is 17.2. The fourth-order valence-electron chi connectivity index (χ4n) is 4.60. The molecule has 33 heavy (non-hydrogen) atoms. The van der Waals surface area contributed by atoms with Gasteiger partial charge in [-0.1, -0.05) is 48.0 Å². The van der Waals surface area contributed by atoms with Crippen molar-refractivity contribution in [2.24, 2.45) is 5.10 Å². The number of rotatable bonds is 4. The van der Waals surface area contributed by atoms with Gasteiger partial charge in [0.05, 0.1) is 17.7 Å². The molecule has 0 saturated carbocycles. The summed E-state index contributed by atoms with van der Waals surface area (Å²) in [6.45, 7) is -0.110. The molecular formula is C26H18ClN3O3. The minimum atomic E-state index is -0.381. The summed E-state index contributed by atoms with van der Waals surface area (Å²) in [6, 6.07) is 22.0. The van der Waals surface area contributed by atoms with Gasteiger partial charge in [-0.05, 0) is 47.3 Å². The van der Waals surface area contributed by atoms with E-state index in [0.29, 0.717) is 22.8 Å². The molecule has 3 heterocycles. The molecule has 2 amide bonds. The number of benzene rings is 3. The lowest BCUT2D eigenvalue weighted by Gasteiger charge is -2.23. The second-order valence-electron chi connectivity index (χ2n) is 8.10. The highest BCUT2D eigenvalue weighted by atomic mass is 35.5. The fourth-order valence-corrected chi connectivity index (χ4v) is 4.73. The van der Waals surface area contributed by atoms with Crippen molar-refractivity contribution in [3.05, 3.63) is 101 Å². The molecule has 1 unspecified atom stereocenters. The molecule has 2 aliphatic heterocycles. The monoisotopic (exact) mass is 455 g/mol. The number of amides is 2. The lowest BCUT2D eigenvalue weighted by atomic mass is 10.0. The smallest absolute Gasteiger partial charge is 0.263 e. The molecule has 7 heteroatoms. The maximum Gasteiger partial charge on any atom is 0.263 e. The van der Waals surface area contributed by atoms with E-state index in [0.717, 1.165) is 27.7 Å². The molecular weight excluding hydrogens is 438 g/mol. The molecule has 0 N–H and O–H groups in total. The molecule has 1 aromatic heterocycles. The van der Waals surface area contributed by atoms with E-state index in [-0.39, 0.29) is 24.4 Å². The van der Waals surface area contributed by atoms with Crippen LogP contribution in [0.15, 0.2) is 88.6 Å². The first-order valence-corrected chi connectivity index (χ1v) is 11.0. The Morgan fingerprint density at radius 2 is 1.82 bits per heavy atom. The Morgan fingerprint density at radius 3 is 2.58 bits per heavy atom. The predicted octanol–water partition coefficient (Wildman–Crippen LogP) is 5.42. The van der Waals surface area contributed by atoms with Crippen molar-refractivity contribution in [1.82, 2.24) is 5.01 Å². The van der Waals surface area contributed by atoms with E-state index in [4.69, 9.17) is 16.0 Å². The molecule has 6 nitrogen and oxygen atoms in total. The van der Waals surface area contributed by atoms with Gasteiger partial charge >= 0.3 is 0 Å². The quantitative estimate of drug-likeness (QED) is 0.412. The third-order valence-corrected chi connectivity index (χ3v) is 6.41. The Kier molecular flexibility index (Phi) is 4.55. The van der Waals surface area contributed by atoms with E-state index in [9.17, 15) is 9.59 Å². The van der Waals surface area contributed by atoms with Gasteiger partial charge in [-0.3, -0.25) is 14.5 Å². The summed E-state index contributed by atoms with van der Waals surface area (Å²) in [5.74, 6) is 0.193. The number of hydrogen-bond acceptors (Lipinski definition) is 4. The van der Waals surface area contributed by atoms with Gasteiger partial charge in [-0.2, -0.15) is 5.10 Å². The summed E-state index contributed by atoms with van der Waals surface area (Å²) in [5, 5.41) is 8.59. The number of furan rings is 1. The predicted molar refractivity (Wildman–Crippen MR) is 127 cm³/mol. The van der Waals surface area contributed by atoms with Crippen molar-refractivity contribution in [1.29, 1.82) is 0 Å². The molecule has 0 aliphatic carbocycles. The SMILES string of the molecule is O=C1c2cccc3cccc(c23)N1CC(=O)N1N=C(c2ccc(Cl)cc2)CC1c1ccco1. The van der Waals surface area contributed by atoms with Crippen LogP contribution >= 0.6 is 11.6 Å². The summed E-state index contributed by atoms with van der Waals surface area (Å²) >= 11 is 6.03. The molecule has 4 aromatic rings. The van der Waals surface area contributed by atoms with E-state index in [2.05, 4.69) is 5.10 Å². The number of hydrogen-bond donors (Lipinski definition) is 0. The van der Waals surface area contributed by atoms with Crippen LogP contribution in [0.5, 0.6) is 0 Å². The largest absolute Gasteiger partial charge is 0.467 e. The van der Waals surface area contributed by atoms with Crippen LogP contribution in [-0.4, -0.2) is 29.1 Å². The van der Waals surface area contributed by atoms with E-state index in [1.807, 2.05) is 48.5 Å². The van der Waals surface area contributed by atoms with Crippen LogP contribution in [0.3, 0.4) is 0 Å². The number of hydrazone groups is 1. The summed E-state index contributed by atoms with van der Waals surface area (Å²) in [4.78, 5) is 28.2. The Hall–Kier alpha value is -3.90. The first kappa shape index (κ1) is 19.8. The molecule has 0 bridgehead atoms. The molecule has 0 spiro atoms. The van der Waals surface area contributed by atoms with E-state index < -0.39 is 0 Å². The highest BCUT2D eigenvalue weighted by molar-refractivity contribution is 6.30. The third kappa shape index (κ3) is 3.22. The minimum Gasteiger partial charge on any atom is -0.467 e. The Labute approximate surface area is 194 Å². The van der Waals surface area contributed by atoms with Gasteiger partial charge in [0.2, 0.25) is 0 Å². The molecule has 0 radical (unpaired) electrons. The van der Waals surface area contributed by atoms with Gasteiger partial charge in [0.1, 0.15) is 18.3 Å². The molecule has 0 saturated heterocycles. The summed E-state index contributed by atoms with van der Waals surface area (Å²) in [6.07, 6.45) is 2.09. The second kappa shape index (κ2) is 7.60. The van der Waals surface area contributed by atoms with Crippen LogP contribution in [0.2, 0.25) is 5.02 Å². The zero-order valence-corrected chi connectivity index (χ0v) is 18.2. The number of carbonyl (C=O) groups excluding carboxylic acids is 2. The lowest BCUT2D eigenvalue weighted by Crippen LogP contribution is -2.39. The average molecular weight is 456 g/mol. The van der Waals surface area contributed by atoms with Crippen molar-refractivity contribution in [3.8, 4) is 0 Å².